The number of nitrogens with one attached hydrogen (secondary N) is 1. The van der Waals surface area contributed by atoms with Crippen LogP contribution in [-0.2, 0) is 6.42 Å². The van der Waals surface area contributed by atoms with E-state index in [0.717, 1.165) is 11.1 Å². The zero-order valence-corrected chi connectivity index (χ0v) is 17.2. The number of anilines is 1. The van der Waals surface area contributed by atoms with Crippen molar-refractivity contribution in [2.75, 3.05) is 5.32 Å². The van der Waals surface area contributed by atoms with Crippen molar-refractivity contribution in [2.24, 2.45) is 5.73 Å². The molecule has 1 aromatic heterocycles. The third-order valence-corrected chi connectivity index (χ3v) is 5.41. The number of carbonyl (C=O) groups excluding carboxylic acids is 2. The summed E-state index contributed by atoms with van der Waals surface area (Å²) in [5.74, 6) is -0.583. The van der Waals surface area contributed by atoms with Crippen LogP contribution in [0.2, 0.25) is 0 Å². The summed E-state index contributed by atoms with van der Waals surface area (Å²) in [6.45, 7) is 1.62. The molecule has 1 aliphatic carbocycles. The Morgan fingerprint density at radius 3 is 2.75 bits per heavy atom. The smallest absolute Gasteiger partial charge is 0.273 e. The van der Waals surface area contributed by atoms with Gasteiger partial charge in [-0.3, -0.25) is 24.7 Å². The van der Waals surface area contributed by atoms with Crippen molar-refractivity contribution in [3.8, 4) is 5.75 Å². The van der Waals surface area contributed by atoms with Gasteiger partial charge in [0.15, 0.2) is 0 Å². The summed E-state index contributed by atoms with van der Waals surface area (Å²) in [5.41, 5.74) is 8.64. The number of nitrogens with zero attached hydrogens (tertiary/aromatic N) is 2. The van der Waals surface area contributed by atoms with Crippen LogP contribution < -0.4 is 15.8 Å². The molecule has 2 aromatic carbocycles. The number of aromatic nitrogens is 1. The van der Waals surface area contributed by atoms with Crippen molar-refractivity contribution in [1.82, 2.24) is 4.98 Å². The second-order valence-corrected chi connectivity index (χ2v) is 7.50. The molecule has 32 heavy (non-hydrogen) atoms. The van der Waals surface area contributed by atoms with Gasteiger partial charge in [0.25, 0.3) is 11.6 Å². The predicted octanol–water partition coefficient (Wildman–Crippen LogP) is 3.72. The topological polar surface area (TPSA) is 137 Å². The SMILES string of the molecule is Cc1ccc(C(=O)Nc2cccc3c2CCC3Oc2cncc(C(N)=O)c2)cc1[N+](=O)[O-]. The van der Waals surface area contributed by atoms with Gasteiger partial charge in [-0.2, -0.15) is 0 Å². The maximum atomic E-state index is 12.8. The van der Waals surface area contributed by atoms with E-state index in [1.807, 2.05) is 12.1 Å². The zero-order chi connectivity index (χ0) is 22.8. The van der Waals surface area contributed by atoms with Crippen LogP contribution in [0.15, 0.2) is 54.9 Å². The Morgan fingerprint density at radius 1 is 1.19 bits per heavy atom. The first-order valence-electron chi connectivity index (χ1n) is 9.93. The van der Waals surface area contributed by atoms with Gasteiger partial charge < -0.3 is 15.8 Å². The van der Waals surface area contributed by atoms with Gasteiger partial charge in [0.1, 0.15) is 11.9 Å². The minimum absolute atomic E-state index is 0.101. The number of aryl methyl sites for hydroxylation is 1. The number of ether oxygens (including phenoxy) is 1. The molecule has 4 rings (SSSR count). The molecule has 0 bridgehead atoms. The molecule has 162 valence electrons. The van der Waals surface area contributed by atoms with Crippen molar-refractivity contribution < 1.29 is 19.2 Å². The molecule has 3 N–H and O–H groups in total. The molecule has 1 aliphatic rings. The molecule has 1 heterocycles. The van der Waals surface area contributed by atoms with Crippen LogP contribution in [-0.4, -0.2) is 21.7 Å². The number of benzene rings is 2. The molecule has 0 radical (unpaired) electrons. The average Bonchev–Trinajstić information content (AvgIpc) is 3.17. The maximum absolute atomic E-state index is 12.8. The standard InChI is InChI=1S/C23H20N4O5/c1-13-5-6-14(10-20(13)27(30)31)23(29)26-19-4-2-3-18-17(19)7-8-21(18)32-16-9-15(22(24)28)11-25-12-16/h2-6,9-12,21H,7-8H2,1H3,(H2,24,28)(H,26,29). The van der Waals surface area contributed by atoms with E-state index in [2.05, 4.69) is 10.3 Å². The number of nitro groups is 1. The van der Waals surface area contributed by atoms with Crippen molar-refractivity contribution in [3.05, 3.63) is 92.8 Å². The number of nitrogens with two attached hydrogens (primary N) is 1. The normalized spacial score (nSPS) is 14.5. The molecule has 1 atom stereocenters. The van der Waals surface area contributed by atoms with Gasteiger partial charge in [-0.25, -0.2) is 0 Å². The van der Waals surface area contributed by atoms with E-state index < -0.39 is 16.7 Å². The van der Waals surface area contributed by atoms with Crippen LogP contribution in [0.1, 0.15) is 49.9 Å². The second kappa shape index (κ2) is 8.46. The number of pyridine rings is 1. The fourth-order valence-corrected chi connectivity index (χ4v) is 3.78. The van der Waals surface area contributed by atoms with Crippen LogP contribution in [0.5, 0.6) is 5.75 Å². The first-order valence-corrected chi connectivity index (χ1v) is 9.93. The molecule has 2 amide bonds. The minimum atomic E-state index is -0.587. The highest BCUT2D eigenvalue weighted by molar-refractivity contribution is 6.05. The lowest BCUT2D eigenvalue weighted by atomic mass is 10.1. The Bertz CT molecular complexity index is 1240. The maximum Gasteiger partial charge on any atom is 0.273 e. The summed E-state index contributed by atoms with van der Waals surface area (Å²) < 4.78 is 6.03. The second-order valence-electron chi connectivity index (χ2n) is 7.50. The van der Waals surface area contributed by atoms with Crippen molar-refractivity contribution in [1.29, 1.82) is 0 Å². The zero-order valence-electron chi connectivity index (χ0n) is 17.2. The first kappa shape index (κ1) is 21.0. The van der Waals surface area contributed by atoms with Gasteiger partial charge in [0, 0.05) is 29.1 Å². The molecular weight excluding hydrogens is 412 g/mol. The molecule has 0 saturated heterocycles. The highest BCUT2D eigenvalue weighted by atomic mass is 16.6. The van der Waals surface area contributed by atoms with E-state index in [9.17, 15) is 19.7 Å². The minimum Gasteiger partial charge on any atom is -0.484 e. The summed E-state index contributed by atoms with van der Waals surface area (Å²) in [6.07, 6.45) is 3.97. The number of amides is 2. The highest BCUT2D eigenvalue weighted by Crippen LogP contribution is 2.38. The van der Waals surface area contributed by atoms with Crippen molar-refractivity contribution in [2.45, 2.75) is 25.9 Å². The highest BCUT2D eigenvalue weighted by Gasteiger charge is 2.27. The molecular formula is C23H20N4O5. The van der Waals surface area contributed by atoms with Crippen molar-refractivity contribution >= 4 is 23.2 Å². The van der Waals surface area contributed by atoms with Crippen LogP contribution in [0, 0.1) is 17.0 Å². The van der Waals surface area contributed by atoms with Gasteiger partial charge in [-0.05, 0) is 49.1 Å². The van der Waals surface area contributed by atoms with Crippen LogP contribution in [0.3, 0.4) is 0 Å². The summed E-state index contributed by atoms with van der Waals surface area (Å²) in [5, 5.41) is 14.0. The number of rotatable bonds is 6. The van der Waals surface area contributed by atoms with E-state index in [1.165, 1.54) is 18.5 Å². The number of fused-ring (bicyclic) bond motifs is 1. The summed E-state index contributed by atoms with van der Waals surface area (Å²) >= 11 is 0. The molecule has 0 aliphatic heterocycles. The largest absolute Gasteiger partial charge is 0.484 e. The van der Waals surface area contributed by atoms with Gasteiger partial charge in [-0.1, -0.05) is 18.2 Å². The van der Waals surface area contributed by atoms with Crippen LogP contribution in [0.25, 0.3) is 0 Å². The summed E-state index contributed by atoms with van der Waals surface area (Å²) in [7, 11) is 0. The van der Waals surface area contributed by atoms with Crippen LogP contribution in [0.4, 0.5) is 11.4 Å². The van der Waals surface area contributed by atoms with Gasteiger partial charge in [0.05, 0.1) is 16.7 Å². The lowest BCUT2D eigenvalue weighted by Crippen LogP contribution is -2.14. The van der Waals surface area contributed by atoms with Crippen molar-refractivity contribution in [3.63, 3.8) is 0 Å². The third-order valence-electron chi connectivity index (χ3n) is 5.41. The summed E-state index contributed by atoms with van der Waals surface area (Å²) in [4.78, 5) is 38.8. The number of carbonyl (C=O) groups is 2. The Kier molecular flexibility index (Phi) is 5.55. The number of primary amides is 1. The lowest BCUT2D eigenvalue weighted by Gasteiger charge is -2.16. The van der Waals surface area contributed by atoms with E-state index in [0.29, 0.717) is 29.8 Å². The average molecular weight is 432 g/mol. The van der Waals surface area contributed by atoms with E-state index >= 15 is 0 Å². The number of hydrogen-bond acceptors (Lipinski definition) is 6. The lowest BCUT2D eigenvalue weighted by molar-refractivity contribution is -0.385. The quantitative estimate of drug-likeness (QED) is 0.450. The Hall–Kier alpha value is -4.27. The van der Waals surface area contributed by atoms with E-state index in [1.54, 1.807) is 31.2 Å². The Balaban J connectivity index is 1.55. The Morgan fingerprint density at radius 2 is 2.00 bits per heavy atom. The van der Waals surface area contributed by atoms with E-state index in [4.69, 9.17) is 10.5 Å². The van der Waals surface area contributed by atoms with Gasteiger partial charge >= 0.3 is 0 Å². The van der Waals surface area contributed by atoms with E-state index in [-0.39, 0.29) is 22.9 Å². The number of hydrogen-bond donors (Lipinski definition) is 2. The fraction of sp³-hybridized carbons (Fsp3) is 0.174. The summed E-state index contributed by atoms with van der Waals surface area (Å²) in [6, 6.07) is 11.5. The van der Waals surface area contributed by atoms with Gasteiger partial charge in [-0.15, -0.1) is 0 Å². The molecule has 0 spiro atoms. The molecule has 0 fully saturated rings. The molecule has 3 aromatic rings. The third kappa shape index (κ3) is 4.13. The predicted molar refractivity (Wildman–Crippen MR) is 117 cm³/mol. The van der Waals surface area contributed by atoms with Crippen LogP contribution >= 0.6 is 0 Å². The molecule has 1 unspecified atom stereocenters. The fourth-order valence-electron chi connectivity index (χ4n) is 3.78. The van der Waals surface area contributed by atoms with Gasteiger partial charge in [0.2, 0.25) is 5.91 Å². The molecule has 9 nitrogen and oxygen atoms in total. The molecule has 0 saturated carbocycles. The molecule has 9 heteroatoms. The number of nitro benzene ring substituents is 1. The Labute approximate surface area is 183 Å². The monoisotopic (exact) mass is 432 g/mol. The first-order chi connectivity index (χ1) is 15.3.